The molecule has 1 aromatic heterocycles. The highest BCUT2D eigenvalue weighted by Crippen LogP contribution is 2.40. The smallest absolute Gasteiger partial charge is 0.231 e. The fourth-order valence-corrected chi connectivity index (χ4v) is 3.08. The second-order valence-electron chi connectivity index (χ2n) is 5.39. The molecular formula is C15H14ClN3O3. The van der Waals surface area contributed by atoms with Gasteiger partial charge < -0.3 is 19.4 Å². The average Bonchev–Trinajstić information content (AvgIpc) is 3.20. The molecule has 1 unspecified atom stereocenters. The lowest BCUT2D eigenvalue weighted by Crippen LogP contribution is -2.29. The molecule has 1 N–H and O–H groups in total. The summed E-state index contributed by atoms with van der Waals surface area (Å²) in [7, 11) is 0. The number of imidazole rings is 1. The standard InChI is InChI=1S/C15H14ClN3O3/c16-11-6-13-12(21-8-22-13)5-10(11)15-17-3-4-19(15)7-9-1-2-14(20)18-9/h3-6,9H,1-2,7-8H2,(H,18,20). The first-order valence-electron chi connectivity index (χ1n) is 7.11. The van der Waals surface area contributed by atoms with Gasteiger partial charge in [0.2, 0.25) is 12.7 Å². The van der Waals surface area contributed by atoms with Gasteiger partial charge in [-0.1, -0.05) is 11.6 Å². The third-order valence-electron chi connectivity index (χ3n) is 3.92. The number of nitrogens with one attached hydrogen (secondary N) is 1. The summed E-state index contributed by atoms with van der Waals surface area (Å²) in [6, 6.07) is 3.72. The van der Waals surface area contributed by atoms with Crippen molar-refractivity contribution in [3.63, 3.8) is 0 Å². The van der Waals surface area contributed by atoms with E-state index in [4.69, 9.17) is 21.1 Å². The molecule has 2 aromatic rings. The number of aromatic nitrogens is 2. The van der Waals surface area contributed by atoms with Crippen molar-refractivity contribution in [1.82, 2.24) is 14.9 Å². The van der Waals surface area contributed by atoms with E-state index in [-0.39, 0.29) is 18.7 Å². The molecule has 22 heavy (non-hydrogen) atoms. The van der Waals surface area contributed by atoms with Crippen LogP contribution in [0, 0.1) is 0 Å². The number of hydrogen-bond acceptors (Lipinski definition) is 4. The molecule has 6 nitrogen and oxygen atoms in total. The van der Waals surface area contributed by atoms with Crippen LogP contribution in [0.2, 0.25) is 5.02 Å². The summed E-state index contributed by atoms with van der Waals surface area (Å²) in [4.78, 5) is 15.7. The third-order valence-corrected chi connectivity index (χ3v) is 4.23. The number of carbonyl (C=O) groups excluding carboxylic acids is 1. The Morgan fingerprint density at radius 1 is 1.36 bits per heavy atom. The summed E-state index contributed by atoms with van der Waals surface area (Å²) in [6.45, 7) is 0.878. The van der Waals surface area contributed by atoms with Crippen molar-refractivity contribution in [2.24, 2.45) is 0 Å². The Kier molecular flexibility index (Phi) is 3.18. The van der Waals surface area contributed by atoms with Crippen LogP contribution in [-0.4, -0.2) is 28.3 Å². The molecule has 1 amide bonds. The molecule has 0 aliphatic carbocycles. The average molecular weight is 320 g/mol. The van der Waals surface area contributed by atoms with E-state index in [1.807, 2.05) is 16.8 Å². The number of ether oxygens (including phenoxy) is 2. The van der Waals surface area contributed by atoms with Crippen LogP contribution < -0.4 is 14.8 Å². The monoisotopic (exact) mass is 319 g/mol. The van der Waals surface area contributed by atoms with Gasteiger partial charge in [-0.3, -0.25) is 4.79 Å². The molecule has 0 spiro atoms. The number of benzene rings is 1. The van der Waals surface area contributed by atoms with Crippen molar-refractivity contribution in [2.45, 2.75) is 25.4 Å². The molecule has 2 aliphatic heterocycles. The minimum absolute atomic E-state index is 0.104. The van der Waals surface area contributed by atoms with Crippen LogP contribution in [0.5, 0.6) is 11.5 Å². The number of amides is 1. The van der Waals surface area contributed by atoms with Crippen molar-refractivity contribution in [2.75, 3.05) is 6.79 Å². The van der Waals surface area contributed by atoms with Gasteiger partial charge in [0.15, 0.2) is 11.5 Å². The largest absolute Gasteiger partial charge is 0.454 e. The number of fused-ring (bicyclic) bond motifs is 1. The number of rotatable bonds is 3. The van der Waals surface area contributed by atoms with Gasteiger partial charge in [-0.05, 0) is 12.5 Å². The summed E-state index contributed by atoms with van der Waals surface area (Å²) in [5.41, 5.74) is 0.792. The van der Waals surface area contributed by atoms with Gasteiger partial charge in [0.1, 0.15) is 5.82 Å². The van der Waals surface area contributed by atoms with E-state index in [9.17, 15) is 4.79 Å². The van der Waals surface area contributed by atoms with Crippen molar-refractivity contribution in [3.05, 3.63) is 29.5 Å². The number of nitrogens with zero attached hydrogens (tertiary/aromatic N) is 2. The maximum atomic E-state index is 11.3. The predicted molar refractivity (Wildman–Crippen MR) is 80.0 cm³/mol. The molecule has 0 bridgehead atoms. The highest BCUT2D eigenvalue weighted by atomic mass is 35.5. The Hall–Kier alpha value is -2.21. The molecule has 1 fully saturated rings. The maximum Gasteiger partial charge on any atom is 0.231 e. The highest BCUT2D eigenvalue weighted by Gasteiger charge is 2.23. The molecule has 0 saturated carbocycles. The first-order valence-corrected chi connectivity index (χ1v) is 7.48. The Morgan fingerprint density at radius 3 is 2.95 bits per heavy atom. The van der Waals surface area contributed by atoms with E-state index in [0.29, 0.717) is 29.5 Å². The number of halogens is 1. The van der Waals surface area contributed by atoms with Crippen LogP contribution in [0.15, 0.2) is 24.5 Å². The van der Waals surface area contributed by atoms with Crippen LogP contribution in [0.3, 0.4) is 0 Å². The zero-order valence-electron chi connectivity index (χ0n) is 11.7. The van der Waals surface area contributed by atoms with Crippen LogP contribution in [0.1, 0.15) is 12.8 Å². The molecule has 1 saturated heterocycles. The van der Waals surface area contributed by atoms with Gasteiger partial charge in [0, 0.05) is 43.0 Å². The summed E-state index contributed by atoms with van der Waals surface area (Å²) in [5.74, 6) is 2.18. The summed E-state index contributed by atoms with van der Waals surface area (Å²) in [5, 5.41) is 3.52. The van der Waals surface area contributed by atoms with Gasteiger partial charge in [-0.25, -0.2) is 4.98 Å². The van der Waals surface area contributed by atoms with Gasteiger partial charge in [0.25, 0.3) is 0 Å². The highest BCUT2D eigenvalue weighted by molar-refractivity contribution is 6.33. The normalized spacial score (nSPS) is 19.5. The second-order valence-corrected chi connectivity index (χ2v) is 5.80. The Labute approximate surface area is 132 Å². The Bertz CT molecular complexity index is 744. The molecule has 4 rings (SSSR count). The lowest BCUT2D eigenvalue weighted by Gasteiger charge is -2.14. The maximum absolute atomic E-state index is 11.3. The van der Waals surface area contributed by atoms with Crippen LogP contribution in [0.4, 0.5) is 0 Å². The second kappa shape index (κ2) is 5.21. The van der Waals surface area contributed by atoms with Crippen molar-refractivity contribution in [1.29, 1.82) is 0 Å². The molecule has 2 aliphatic rings. The van der Waals surface area contributed by atoms with Crippen molar-refractivity contribution < 1.29 is 14.3 Å². The van der Waals surface area contributed by atoms with Gasteiger partial charge in [-0.15, -0.1) is 0 Å². The van der Waals surface area contributed by atoms with Crippen LogP contribution in [-0.2, 0) is 11.3 Å². The SMILES string of the molecule is O=C1CCC(Cn2ccnc2-c2cc3c(cc2Cl)OCO3)N1. The molecule has 0 radical (unpaired) electrons. The summed E-state index contributed by atoms with van der Waals surface area (Å²) < 4.78 is 12.7. The first kappa shape index (κ1) is 13.5. The Balaban J connectivity index is 1.66. The van der Waals surface area contributed by atoms with Crippen LogP contribution >= 0.6 is 11.6 Å². The number of hydrogen-bond donors (Lipinski definition) is 1. The summed E-state index contributed by atoms with van der Waals surface area (Å²) >= 11 is 6.35. The van der Waals surface area contributed by atoms with E-state index in [2.05, 4.69) is 10.3 Å². The minimum atomic E-state index is 0.104. The van der Waals surface area contributed by atoms with Crippen molar-refractivity contribution in [3.8, 4) is 22.9 Å². The fraction of sp³-hybridized carbons (Fsp3) is 0.333. The van der Waals surface area contributed by atoms with E-state index < -0.39 is 0 Å². The first-order chi connectivity index (χ1) is 10.7. The quantitative estimate of drug-likeness (QED) is 0.942. The van der Waals surface area contributed by atoms with E-state index in [1.165, 1.54) is 0 Å². The minimum Gasteiger partial charge on any atom is -0.454 e. The van der Waals surface area contributed by atoms with E-state index in [0.717, 1.165) is 17.8 Å². The topological polar surface area (TPSA) is 65.4 Å². The Morgan fingerprint density at radius 2 is 2.18 bits per heavy atom. The molecule has 7 heteroatoms. The molecule has 1 aromatic carbocycles. The van der Waals surface area contributed by atoms with Gasteiger partial charge >= 0.3 is 0 Å². The van der Waals surface area contributed by atoms with E-state index in [1.54, 1.807) is 12.3 Å². The summed E-state index contributed by atoms with van der Waals surface area (Å²) in [6.07, 6.45) is 5.04. The van der Waals surface area contributed by atoms with Gasteiger partial charge in [-0.2, -0.15) is 0 Å². The van der Waals surface area contributed by atoms with Gasteiger partial charge in [0.05, 0.1) is 5.02 Å². The van der Waals surface area contributed by atoms with Crippen LogP contribution in [0.25, 0.3) is 11.4 Å². The zero-order valence-corrected chi connectivity index (χ0v) is 12.5. The lowest BCUT2D eigenvalue weighted by molar-refractivity contribution is -0.119. The predicted octanol–water partition coefficient (Wildman–Crippen LogP) is 2.21. The molecule has 3 heterocycles. The molecule has 1 atom stereocenters. The lowest BCUT2D eigenvalue weighted by atomic mass is 10.1. The van der Waals surface area contributed by atoms with Crippen molar-refractivity contribution >= 4 is 17.5 Å². The fourth-order valence-electron chi connectivity index (χ4n) is 2.84. The van der Waals surface area contributed by atoms with E-state index >= 15 is 0 Å². The molecule has 114 valence electrons. The third kappa shape index (κ3) is 2.29. The molecular weight excluding hydrogens is 306 g/mol. The number of carbonyl (C=O) groups is 1. The zero-order chi connectivity index (χ0) is 15.1.